The average Bonchev–Trinajstić information content (AvgIpc) is 2.65. The molecule has 2 aromatic rings. The first-order chi connectivity index (χ1) is 7.65. The molecule has 1 amide bonds. The molecule has 2 rings (SSSR count). The number of pyridine rings is 1. The lowest BCUT2D eigenvalue weighted by molar-refractivity contribution is 0.102. The number of anilines is 1. The van der Waals surface area contributed by atoms with E-state index < -0.39 is 5.95 Å². The number of rotatable bonds is 2. The summed E-state index contributed by atoms with van der Waals surface area (Å²) in [5.74, 6) is -0.211. The molecule has 0 fully saturated rings. The average molecular weight is 220 g/mol. The molecule has 2 aromatic heterocycles. The van der Waals surface area contributed by atoms with E-state index in [1.807, 2.05) is 0 Å². The van der Waals surface area contributed by atoms with Crippen LogP contribution in [0, 0.1) is 12.9 Å². The van der Waals surface area contributed by atoms with E-state index in [0.29, 0.717) is 11.3 Å². The smallest absolute Gasteiger partial charge is 0.260 e. The van der Waals surface area contributed by atoms with Crippen LogP contribution >= 0.6 is 0 Å². The second-order valence-electron chi connectivity index (χ2n) is 3.25. The van der Waals surface area contributed by atoms with Crippen LogP contribution in [-0.2, 0) is 0 Å². The summed E-state index contributed by atoms with van der Waals surface area (Å²) in [4.78, 5) is 15.1. The Hall–Kier alpha value is -2.17. The maximum Gasteiger partial charge on any atom is 0.260 e. The number of halogens is 1. The molecule has 0 unspecified atom stereocenters. The number of nitrogens with one attached hydrogen (secondary N) is 1. The number of nitrogens with zero attached hydrogens (tertiary/aromatic N) is 1. The Morgan fingerprint density at radius 3 is 2.94 bits per heavy atom. The summed E-state index contributed by atoms with van der Waals surface area (Å²) in [6.07, 6.45) is 1.34. The van der Waals surface area contributed by atoms with Crippen LogP contribution in [0.2, 0.25) is 0 Å². The number of furan rings is 1. The van der Waals surface area contributed by atoms with Gasteiger partial charge in [0.15, 0.2) is 0 Å². The fourth-order valence-corrected chi connectivity index (χ4v) is 1.23. The van der Waals surface area contributed by atoms with Crippen LogP contribution in [0.1, 0.15) is 16.1 Å². The van der Waals surface area contributed by atoms with Gasteiger partial charge in [0, 0.05) is 0 Å². The monoisotopic (exact) mass is 220 g/mol. The van der Waals surface area contributed by atoms with Gasteiger partial charge in [-0.05, 0) is 25.1 Å². The first-order valence-electron chi connectivity index (χ1n) is 4.64. The van der Waals surface area contributed by atoms with Gasteiger partial charge in [-0.15, -0.1) is 0 Å². The van der Waals surface area contributed by atoms with Gasteiger partial charge in [0.05, 0.1) is 5.56 Å². The molecule has 1 N–H and O–H groups in total. The summed E-state index contributed by atoms with van der Waals surface area (Å²) in [7, 11) is 0. The molecule has 0 radical (unpaired) electrons. The van der Waals surface area contributed by atoms with E-state index in [4.69, 9.17) is 4.42 Å². The number of hydrogen-bond donors (Lipinski definition) is 1. The Kier molecular flexibility index (Phi) is 2.68. The Labute approximate surface area is 91.1 Å². The van der Waals surface area contributed by atoms with Crippen molar-refractivity contribution in [1.29, 1.82) is 0 Å². The van der Waals surface area contributed by atoms with E-state index in [2.05, 4.69) is 10.3 Å². The molecule has 2 heterocycles. The normalized spacial score (nSPS) is 10.1. The SMILES string of the molecule is Cc1cc(C(=O)Nc2cccc(F)n2)co1. The Balaban J connectivity index is 2.13. The highest BCUT2D eigenvalue weighted by Crippen LogP contribution is 2.10. The van der Waals surface area contributed by atoms with Gasteiger partial charge < -0.3 is 9.73 Å². The quantitative estimate of drug-likeness (QED) is 0.790. The third-order valence-electron chi connectivity index (χ3n) is 1.95. The summed E-state index contributed by atoms with van der Waals surface area (Å²) >= 11 is 0. The van der Waals surface area contributed by atoms with Gasteiger partial charge in [0.1, 0.15) is 17.8 Å². The highest BCUT2D eigenvalue weighted by Gasteiger charge is 2.09. The van der Waals surface area contributed by atoms with Crippen LogP contribution in [0.3, 0.4) is 0 Å². The number of aromatic nitrogens is 1. The van der Waals surface area contributed by atoms with Crippen molar-refractivity contribution in [1.82, 2.24) is 4.98 Å². The lowest BCUT2D eigenvalue weighted by atomic mass is 10.3. The zero-order chi connectivity index (χ0) is 11.5. The van der Waals surface area contributed by atoms with E-state index in [1.54, 1.807) is 13.0 Å². The molecule has 0 saturated carbocycles. The zero-order valence-electron chi connectivity index (χ0n) is 8.53. The van der Waals surface area contributed by atoms with E-state index in [-0.39, 0.29) is 11.7 Å². The number of aryl methyl sites for hydroxylation is 1. The molecule has 0 atom stereocenters. The van der Waals surface area contributed by atoms with Crippen molar-refractivity contribution >= 4 is 11.7 Å². The fraction of sp³-hybridized carbons (Fsp3) is 0.0909. The molecule has 0 aromatic carbocycles. The summed E-state index contributed by atoms with van der Waals surface area (Å²) in [6, 6.07) is 5.78. The van der Waals surface area contributed by atoms with Gasteiger partial charge in [-0.2, -0.15) is 4.39 Å². The second-order valence-corrected chi connectivity index (χ2v) is 3.25. The Morgan fingerprint density at radius 2 is 2.31 bits per heavy atom. The van der Waals surface area contributed by atoms with Gasteiger partial charge in [-0.1, -0.05) is 6.07 Å². The summed E-state index contributed by atoms with van der Waals surface area (Å²) < 4.78 is 17.7. The Bertz CT molecular complexity index is 522. The molecular weight excluding hydrogens is 211 g/mol. The minimum atomic E-state index is -0.638. The van der Waals surface area contributed by atoms with Gasteiger partial charge in [0.25, 0.3) is 5.91 Å². The van der Waals surface area contributed by atoms with Crippen molar-refractivity contribution in [2.75, 3.05) is 5.32 Å². The van der Waals surface area contributed by atoms with Crippen molar-refractivity contribution in [3.8, 4) is 0 Å². The minimum absolute atomic E-state index is 0.170. The van der Waals surface area contributed by atoms with Gasteiger partial charge in [-0.3, -0.25) is 4.79 Å². The predicted octanol–water partition coefficient (Wildman–Crippen LogP) is 2.37. The minimum Gasteiger partial charge on any atom is -0.469 e. The molecule has 0 spiro atoms. The van der Waals surface area contributed by atoms with Crippen LogP contribution in [0.15, 0.2) is 34.9 Å². The lowest BCUT2D eigenvalue weighted by Gasteiger charge is -2.01. The molecule has 0 aliphatic carbocycles. The highest BCUT2D eigenvalue weighted by molar-refractivity contribution is 6.03. The summed E-state index contributed by atoms with van der Waals surface area (Å²) in [5, 5.41) is 2.46. The van der Waals surface area contributed by atoms with Crippen molar-refractivity contribution in [3.63, 3.8) is 0 Å². The standard InChI is InChI=1S/C11H9FN2O2/c1-7-5-8(6-16-7)11(15)14-10-4-2-3-9(12)13-10/h2-6H,1H3,(H,13,14,15). The molecule has 0 aliphatic heterocycles. The van der Waals surface area contributed by atoms with Crippen molar-refractivity contribution in [2.24, 2.45) is 0 Å². The first-order valence-corrected chi connectivity index (χ1v) is 4.64. The molecular formula is C11H9FN2O2. The maximum absolute atomic E-state index is 12.7. The van der Waals surface area contributed by atoms with Crippen molar-refractivity contribution in [3.05, 3.63) is 47.8 Å². The lowest BCUT2D eigenvalue weighted by Crippen LogP contribution is -2.12. The highest BCUT2D eigenvalue weighted by atomic mass is 19.1. The van der Waals surface area contributed by atoms with Crippen molar-refractivity contribution in [2.45, 2.75) is 6.92 Å². The molecule has 5 heteroatoms. The van der Waals surface area contributed by atoms with Crippen LogP contribution < -0.4 is 5.32 Å². The largest absolute Gasteiger partial charge is 0.469 e. The van der Waals surface area contributed by atoms with Crippen LogP contribution in [-0.4, -0.2) is 10.9 Å². The summed E-state index contributed by atoms with van der Waals surface area (Å²) in [6.45, 7) is 1.73. The van der Waals surface area contributed by atoms with E-state index >= 15 is 0 Å². The summed E-state index contributed by atoms with van der Waals surface area (Å²) in [5.41, 5.74) is 0.378. The number of hydrogen-bond acceptors (Lipinski definition) is 3. The van der Waals surface area contributed by atoms with Crippen LogP contribution in [0.25, 0.3) is 0 Å². The van der Waals surface area contributed by atoms with Gasteiger partial charge in [-0.25, -0.2) is 4.98 Å². The van der Waals surface area contributed by atoms with Gasteiger partial charge >= 0.3 is 0 Å². The maximum atomic E-state index is 12.7. The molecule has 0 bridgehead atoms. The number of carbonyl (C=O) groups is 1. The van der Waals surface area contributed by atoms with E-state index in [1.165, 1.54) is 24.5 Å². The van der Waals surface area contributed by atoms with Crippen LogP contribution in [0.5, 0.6) is 0 Å². The molecule has 0 aliphatic rings. The molecule has 4 nitrogen and oxygen atoms in total. The third kappa shape index (κ3) is 2.25. The predicted molar refractivity (Wildman–Crippen MR) is 55.6 cm³/mol. The fourth-order valence-electron chi connectivity index (χ4n) is 1.23. The van der Waals surface area contributed by atoms with Crippen LogP contribution in [0.4, 0.5) is 10.2 Å². The first kappa shape index (κ1) is 10.4. The number of carbonyl (C=O) groups excluding carboxylic acids is 1. The topological polar surface area (TPSA) is 55.1 Å². The molecule has 82 valence electrons. The Morgan fingerprint density at radius 1 is 1.50 bits per heavy atom. The second kappa shape index (κ2) is 4.14. The number of amides is 1. The zero-order valence-corrected chi connectivity index (χ0v) is 8.53. The third-order valence-corrected chi connectivity index (χ3v) is 1.95. The van der Waals surface area contributed by atoms with Gasteiger partial charge in [0.2, 0.25) is 5.95 Å². The van der Waals surface area contributed by atoms with E-state index in [0.717, 1.165) is 0 Å². The molecule has 0 saturated heterocycles. The molecule has 16 heavy (non-hydrogen) atoms. The van der Waals surface area contributed by atoms with E-state index in [9.17, 15) is 9.18 Å². The van der Waals surface area contributed by atoms with Crippen molar-refractivity contribution < 1.29 is 13.6 Å².